The molecular formula is C11H11BrO3. The van der Waals surface area contributed by atoms with Crippen molar-refractivity contribution in [1.82, 2.24) is 0 Å². The van der Waals surface area contributed by atoms with E-state index < -0.39 is 0 Å². The molecule has 0 saturated carbocycles. The zero-order valence-corrected chi connectivity index (χ0v) is 9.91. The van der Waals surface area contributed by atoms with Gasteiger partial charge < -0.3 is 9.47 Å². The van der Waals surface area contributed by atoms with E-state index in [-0.39, 0.29) is 10.6 Å². The second kappa shape index (κ2) is 4.23. The highest BCUT2D eigenvalue weighted by molar-refractivity contribution is 9.09. The van der Waals surface area contributed by atoms with Crippen LogP contribution in [0.1, 0.15) is 17.3 Å². The highest BCUT2D eigenvalue weighted by Crippen LogP contribution is 2.34. The molecule has 0 fully saturated rings. The van der Waals surface area contributed by atoms with Crippen molar-refractivity contribution in [3.8, 4) is 11.5 Å². The van der Waals surface area contributed by atoms with E-state index in [2.05, 4.69) is 15.9 Å². The van der Waals surface area contributed by atoms with Crippen molar-refractivity contribution in [3.63, 3.8) is 0 Å². The molecule has 1 atom stereocenters. The molecule has 0 bridgehead atoms. The van der Waals surface area contributed by atoms with Gasteiger partial charge in [-0.25, -0.2) is 0 Å². The van der Waals surface area contributed by atoms with Crippen molar-refractivity contribution in [2.24, 2.45) is 0 Å². The number of hydrogen-bond donors (Lipinski definition) is 0. The van der Waals surface area contributed by atoms with Gasteiger partial charge in [0.05, 0.1) is 4.83 Å². The van der Waals surface area contributed by atoms with Gasteiger partial charge in [0, 0.05) is 0 Å². The minimum absolute atomic E-state index is 0.0756. The predicted octanol–water partition coefficient (Wildman–Crippen LogP) is 2.48. The molecule has 1 aromatic carbocycles. The topological polar surface area (TPSA) is 35.5 Å². The summed E-state index contributed by atoms with van der Waals surface area (Å²) in [6, 6.07) is 5.55. The Labute approximate surface area is 96.5 Å². The summed E-state index contributed by atoms with van der Waals surface area (Å²) < 4.78 is 10.8. The summed E-state index contributed by atoms with van der Waals surface area (Å²) in [5.74, 6) is 1.53. The Morgan fingerprint density at radius 1 is 1.33 bits per heavy atom. The Bertz CT molecular complexity index is 389. The standard InChI is InChI=1S/C11H11BrO3/c1-7(13)11(12)8-2-3-9-10(6-8)15-5-4-14-9/h2-3,6,11H,4-5H2,1H3. The third kappa shape index (κ3) is 2.15. The van der Waals surface area contributed by atoms with Crippen LogP contribution >= 0.6 is 15.9 Å². The van der Waals surface area contributed by atoms with Gasteiger partial charge in [-0.2, -0.15) is 0 Å². The lowest BCUT2D eigenvalue weighted by atomic mass is 10.1. The normalized spacial score (nSPS) is 15.9. The van der Waals surface area contributed by atoms with Crippen molar-refractivity contribution in [1.29, 1.82) is 0 Å². The maximum absolute atomic E-state index is 11.2. The lowest BCUT2D eigenvalue weighted by Crippen LogP contribution is -2.15. The van der Waals surface area contributed by atoms with Crippen LogP contribution in [0.4, 0.5) is 0 Å². The number of ketones is 1. The van der Waals surface area contributed by atoms with E-state index in [0.717, 1.165) is 11.3 Å². The molecule has 3 nitrogen and oxygen atoms in total. The van der Waals surface area contributed by atoms with Crippen molar-refractivity contribution < 1.29 is 14.3 Å². The Kier molecular flexibility index (Phi) is 2.95. The smallest absolute Gasteiger partial charge is 0.161 e. The zero-order valence-electron chi connectivity index (χ0n) is 8.33. The van der Waals surface area contributed by atoms with Crippen LogP contribution < -0.4 is 9.47 Å². The molecule has 1 unspecified atom stereocenters. The molecule has 1 aliphatic rings. The third-order valence-electron chi connectivity index (χ3n) is 2.22. The summed E-state index contributed by atoms with van der Waals surface area (Å²) in [5.41, 5.74) is 0.895. The molecule has 0 saturated heterocycles. The van der Waals surface area contributed by atoms with E-state index in [1.54, 1.807) is 6.92 Å². The van der Waals surface area contributed by atoms with Crippen molar-refractivity contribution in [2.45, 2.75) is 11.8 Å². The molecule has 0 radical (unpaired) electrons. The van der Waals surface area contributed by atoms with Crippen molar-refractivity contribution in [2.75, 3.05) is 13.2 Å². The number of carbonyl (C=O) groups excluding carboxylic acids is 1. The van der Waals surface area contributed by atoms with Crippen LogP contribution in [-0.2, 0) is 4.79 Å². The molecule has 0 spiro atoms. The second-order valence-corrected chi connectivity index (χ2v) is 4.29. The lowest BCUT2D eigenvalue weighted by molar-refractivity contribution is -0.116. The summed E-state index contributed by atoms with van der Waals surface area (Å²) in [7, 11) is 0. The first-order valence-electron chi connectivity index (χ1n) is 4.72. The summed E-state index contributed by atoms with van der Waals surface area (Å²) in [6.07, 6.45) is 0. The molecule has 2 rings (SSSR count). The van der Waals surface area contributed by atoms with E-state index in [1.807, 2.05) is 18.2 Å². The molecule has 15 heavy (non-hydrogen) atoms. The minimum Gasteiger partial charge on any atom is -0.486 e. The first kappa shape index (κ1) is 10.5. The number of alkyl halides is 1. The van der Waals surface area contributed by atoms with Gasteiger partial charge in [0.15, 0.2) is 11.5 Å². The first-order chi connectivity index (χ1) is 7.18. The molecule has 1 heterocycles. The third-order valence-corrected chi connectivity index (χ3v) is 3.39. The SMILES string of the molecule is CC(=O)C(Br)c1ccc2c(c1)OCCO2. The summed E-state index contributed by atoms with van der Waals surface area (Å²) in [5, 5.41) is 0. The summed E-state index contributed by atoms with van der Waals surface area (Å²) >= 11 is 3.33. The highest BCUT2D eigenvalue weighted by Gasteiger charge is 2.17. The van der Waals surface area contributed by atoms with Crippen LogP contribution in [0.2, 0.25) is 0 Å². The van der Waals surface area contributed by atoms with Gasteiger partial charge in [-0.3, -0.25) is 4.79 Å². The fraction of sp³-hybridized carbons (Fsp3) is 0.364. The molecule has 4 heteroatoms. The maximum atomic E-state index is 11.2. The number of benzene rings is 1. The number of Topliss-reactive ketones (excluding diaryl/α,β-unsaturated/α-hetero) is 1. The number of hydrogen-bond acceptors (Lipinski definition) is 3. The van der Waals surface area contributed by atoms with Gasteiger partial charge in [-0.1, -0.05) is 22.0 Å². The van der Waals surface area contributed by atoms with Gasteiger partial charge in [-0.15, -0.1) is 0 Å². The van der Waals surface area contributed by atoms with E-state index >= 15 is 0 Å². The monoisotopic (exact) mass is 270 g/mol. The van der Waals surface area contributed by atoms with Crippen LogP contribution in [-0.4, -0.2) is 19.0 Å². The van der Waals surface area contributed by atoms with Gasteiger partial charge in [0.2, 0.25) is 0 Å². The molecule has 80 valence electrons. The number of carbonyl (C=O) groups is 1. The molecule has 0 amide bonds. The van der Waals surface area contributed by atoms with E-state index in [1.165, 1.54) is 0 Å². The quantitative estimate of drug-likeness (QED) is 0.775. The molecule has 0 aromatic heterocycles. The largest absolute Gasteiger partial charge is 0.486 e. The van der Waals surface area contributed by atoms with Crippen LogP contribution in [0, 0.1) is 0 Å². The van der Waals surface area contributed by atoms with Crippen molar-refractivity contribution in [3.05, 3.63) is 23.8 Å². The van der Waals surface area contributed by atoms with E-state index in [4.69, 9.17) is 9.47 Å². The molecule has 0 N–H and O–H groups in total. The van der Waals surface area contributed by atoms with E-state index in [9.17, 15) is 4.79 Å². The van der Waals surface area contributed by atoms with Crippen LogP contribution in [0.3, 0.4) is 0 Å². The fourth-order valence-corrected chi connectivity index (χ4v) is 1.74. The zero-order chi connectivity index (χ0) is 10.8. The Hall–Kier alpha value is -1.03. The highest BCUT2D eigenvalue weighted by atomic mass is 79.9. The number of ether oxygens (including phenoxy) is 2. The average Bonchev–Trinajstić information content (AvgIpc) is 2.27. The average molecular weight is 271 g/mol. The fourth-order valence-electron chi connectivity index (χ4n) is 1.45. The molecule has 1 aliphatic heterocycles. The van der Waals surface area contributed by atoms with Crippen LogP contribution in [0.15, 0.2) is 18.2 Å². The van der Waals surface area contributed by atoms with E-state index in [0.29, 0.717) is 19.0 Å². The minimum atomic E-state index is -0.270. The number of halogens is 1. The van der Waals surface area contributed by atoms with Gasteiger partial charge in [0.1, 0.15) is 19.0 Å². The van der Waals surface area contributed by atoms with Crippen LogP contribution in [0.25, 0.3) is 0 Å². The second-order valence-electron chi connectivity index (χ2n) is 3.38. The molecule has 1 aromatic rings. The number of fused-ring (bicyclic) bond motifs is 1. The van der Waals surface area contributed by atoms with Gasteiger partial charge in [-0.05, 0) is 24.6 Å². The maximum Gasteiger partial charge on any atom is 0.161 e. The lowest BCUT2D eigenvalue weighted by Gasteiger charge is -2.19. The first-order valence-corrected chi connectivity index (χ1v) is 5.64. The van der Waals surface area contributed by atoms with Crippen molar-refractivity contribution >= 4 is 21.7 Å². The Morgan fingerprint density at radius 3 is 2.67 bits per heavy atom. The Morgan fingerprint density at radius 2 is 2.00 bits per heavy atom. The predicted molar refractivity (Wildman–Crippen MR) is 59.8 cm³/mol. The van der Waals surface area contributed by atoms with Gasteiger partial charge in [0.25, 0.3) is 0 Å². The summed E-state index contributed by atoms with van der Waals surface area (Å²) in [4.78, 5) is 10.9. The van der Waals surface area contributed by atoms with Crippen LogP contribution in [0.5, 0.6) is 11.5 Å². The Balaban J connectivity index is 2.31. The molecular weight excluding hydrogens is 260 g/mol. The number of rotatable bonds is 2. The van der Waals surface area contributed by atoms with Gasteiger partial charge >= 0.3 is 0 Å². The molecule has 0 aliphatic carbocycles. The summed E-state index contributed by atoms with van der Waals surface area (Å²) in [6.45, 7) is 2.69.